The van der Waals surface area contributed by atoms with E-state index in [1.165, 1.54) is 4.90 Å². The largest absolute Gasteiger partial charge is 0.355 e. The number of hydrogen-bond acceptors (Lipinski definition) is 3. The number of nitrogens with zero attached hydrogens (tertiary/aromatic N) is 1. The second-order valence-electron chi connectivity index (χ2n) is 4.37. The smallest absolute Gasteiger partial charge is 0.224 e. The zero-order chi connectivity index (χ0) is 12.8. The van der Waals surface area contributed by atoms with E-state index >= 15 is 0 Å². The Labute approximate surface area is 101 Å². The number of amides is 3. The molecule has 3 amide bonds. The van der Waals surface area contributed by atoms with Crippen LogP contribution in [0.4, 0.5) is 0 Å². The third kappa shape index (κ3) is 4.42. The Morgan fingerprint density at radius 2 is 2.18 bits per heavy atom. The molecule has 6 nitrogen and oxygen atoms in total. The molecule has 0 aromatic heterocycles. The summed E-state index contributed by atoms with van der Waals surface area (Å²) in [6, 6.07) is 0. The van der Waals surface area contributed by atoms with E-state index in [0.29, 0.717) is 32.4 Å². The first-order valence-corrected chi connectivity index (χ1v) is 5.75. The summed E-state index contributed by atoms with van der Waals surface area (Å²) >= 11 is 0. The number of carbonyl (C=O) groups excluding carboxylic acids is 3. The van der Waals surface area contributed by atoms with Crippen LogP contribution >= 0.6 is 0 Å². The van der Waals surface area contributed by atoms with Gasteiger partial charge in [0, 0.05) is 40.0 Å². The average molecular weight is 241 g/mol. The van der Waals surface area contributed by atoms with Crippen LogP contribution in [0.3, 0.4) is 0 Å². The summed E-state index contributed by atoms with van der Waals surface area (Å²) in [5, 5.41) is 5.37. The van der Waals surface area contributed by atoms with Gasteiger partial charge in [0.1, 0.15) is 0 Å². The first kappa shape index (κ1) is 13.5. The zero-order valence-electron chi connectivity index (χ0n) is 10.3. The highest BCUT2D eigenvalue weighted by atomic mass is 16.2. The Kier molecular flexibility index (Phi) is 4.93. The van der Waals surface area contributed by atoms with Crippen LogP contribution in [0.5, 0.6) is 0 Å². The Bertz CT molecular complexity index is 305. The van der Waals surface area contributed by atoms with Crippen LogP contribution in [0.15, 0.2) is 0 Å². The van der Waals surface area contributed by atoms with Crippen LogP contribution in [-0.2, 0) is 14.4 Å². The van der Waals surface area contributed by atoms with Crippen molar-refractivity contribution in [2.75, 3.05) is 27.2 Å². The van der Waals surface area contributed by atoms with Gasteiger partial charge in [0.05, 0.1) is 5.92 Å². The first-order chi connectivity index (χ1) is 8.00. The van der Waals surface area contributed by atoms with Crippen LogP contribution in [0, 0.1) is 5.92 Å². The lowest BCUT2D eigenvalue weighted by atomic mass is 9.98. The second-order valence-corrected chi connectivity index (χ2v) is 4.37. The summed E-state index contributed by atoms with van der Waals surface area (Å²) in [4.78, 5) is 35.3. The quantitative estimate of drug-likeness (QED) is 0.670. The van der Waals surface area contributed by atoms with Crippen molar-refractivity contribution in [1.29, 1.82) is 0 Å². The molecular weight excluding hydrogens is 222 g/mol. The standard InChI is InChI=1S/C11H19N3O3/c1-14(2)10(16)5-6-12-11(17)8-3-4-9(15)13-7-8/h8H,3-7H2,1-2H3,(H,12,17)(H,13,15). The van der Waals surface area contributed by atoms with Crippen molar-refractivity contribution < 1.29 is 14.4 Å². The number of nitrogens with one attached hydrogen (secondary N) is 2. The second kappa shape index (κ2) is 6.22. The lowest BCUT2D eigenvalue weighted by Gasteiger charge is -2.21. The molecule has 0 aliphatic carbocycles. The van der Waals surface area contributed by atoms with Crippen molar-refractivity contribution in [2.45, 2.75) is 19.3 Å². The van der Waals surface area contributed by atoms with E-state index in [2.05, 4.69) is 10.6 Å². The minimum Gasteiger partial charge on any atom is -0.355 e. The molecule has 0 aromatic carbocycles. The number of piperidine rings is 1. The fourth-order valence-corrected chi connectivity index (χ4v) is 1.62. The molecule has 17 heavy (non-hydrogen) atoms. The summed E-state index contributed by atoms with van der Waals surface area (Å²) in [5.41, 5.74) is 0. The topological polar surface area (TPSA) is 78.5 Å². The molecule has 1 heterocycles. The predicted octanol–water partition coefficient (Wildman–Crippen LogP) is -0.893. The van der Waals surface area contributed by atoms with Crippen molar-refractivity contribution in [2.24, 2.45) is 5.92 Å². The lowest BCUT2D eigenvalue weighted by Crippen LogP contribution is -2.43. The highest BCUT2D eigenvalue weighted by molar-refractivity contribution is 5.84. The minimum absolute atomic E-state index is 0.00293. The summed E-state index contributed by atoms with van der Waals surface area (Å²) in [6.45, 7) is 0.743. The van der Waals surface area contributed by atoms with Gasteiger partial charge in [-0.15, -0.1) is 0 Å². The van der Waals surface area contributed by atoms with E-state index in [0.717, 1.165) is 0 Å². The fraction of sp³-hybridized carbons (Fsp3) is 0.727. The molecule has 96 valence electrons. The number of hydrogen-bond donors (Lipinski definition) is 2. The van der Waals surface area contributed by atoms with E-state index in [4.69, 9.17) is 0 Å². The maximum Gasteiger partial charge on any atom is 0.224 e. The molecule has 1 atom stereocenters. The van der Waals surface area contributed by atoms with Crippen LogP contribution in [0.25, 0.3) is 0 Å². The minimum atomic E-state index is -0.165. The molecule has 0 radical (unpaired) electrons. The fourth-order valence-electron chi connectivity index (χ4n) is 1.62. The van der Waals surface area contributed by atoms with Crippen molar-refractivity contribution in [3.63, 3.8) is 0 Å². The normalized spacial score (nSPS) is 19.4. The molecule has 2 N–H and O–H groups in total. The molecule has 1 saturated heterocycles. The molecule has 1 fully saturated rings. The first-order valence-electron chi connectivity index (χ1n) is 5.75. The van der Waals surface area contributed by atoms with Gasteiger partial charge in [-0.3, -0.25) is 14.4 Å². The molecule has 1 aliphatic heterocycles. The molecule has 1 unspecified atom stereocenters. The van der Waals surface area contributed by atoms with E-state index in [9.17, 15) is 14.4 Å². The van der Waals surface area contributed by atoms with Crippen molar-refractivity contribution in [1.82, 2.24) is 15.5 Å². The summed E-state index contributed by atoms with van der Waals surface area (Å²) in [5.74, 6) is -0.266. The summed E-state index contributed by atoms with van der Waals surface area (Å²) < 4.78 is 0. The number of carbonyl (C=O) groups is 3. The monoisotopic (exact) mass is 241 g/mol. The van der Waals surface area contributed by atoms with Gasteiger partial charge in [0.15, 0.2) is 0 Å². The molecule has 0 spiro atoms. The maximum absolute atomic E-state index is 11.7. The molecule has 6 heteroatoms. The number of rotatable bonds is 4. The maximum atomic E-state index is 11.7. The van der Waals surface area contributed by atoms with E-state index in [-0.39, 0.29) is 23.6 Å². The summed E-state index contributed by atoms with van der Waals surface area (Å²) in [7, 11) is 3.36. The van der Waals surface area contributed by atoms with Gasteiger partial charge in [0.2, 0.25) is 17.7 Å². The zero-order valence-corrected chi connectivity index (χ0v) is 10.3. The molecule has 1 rings (SSSR count). The van der Waals surface area contributed by atoms with Crippen LogP contribution in [0.1, 0.15) is 19.3 Å². The van der Waals surface area contributed by atoms with Crippen molar-refractivity contribution in [3.05, 3.63) is 0 Å². The summed E-state index contributed by atoms with van der Waals surface area (Å²) in [6.07, 6.45) is 1.28. The van der Waals surface area contributed by atoms with Gasteiger partial charge in [-0.1, -0.05) is 0 Å². The van der Waals surface area contributed by atoms with Gasteiger partial charge in [-0.25, -0.2) is 0 Å². The molecular formula is C11H19N3O3. The highest BCUT2D eigenvalue weighted by Crippen LogP contribution is 2.10. The van der Waals surface area contributed by atoms with E-state index in [1.807, 2.05) is 0 Å². The van der Waals surface area contributed by atoms with Gasteiger partial charge in [-0.05, 0) is 6.42 Å². The molecule has 0 bridgehead atoms. The molecule has 1 aliphatic rings. The Hall–Kier alpha value is -1.59. The van der Waals surface area contributed by atoms with Gasteiger partial charge in [-0.2, -0.15) is 0 Å². The third-order valence-corrected chi connectivity index (χ3v) is 2.77. The highest BCUT2D eigenvalue weighted by Gasteiger charge is 2.24. The van der Waals surface area contributed by atoms with Crippen LogP contribution in [-0.4, -0.2) is 49.8 Å². The van der Waals surface area contributed by atoms with Gasteiger partial charge >= 0.3 is 0 Å². The van der Waals surface area contributed by atoms with E-state index in [1.54, 1.807) is 14.1 Å². The lowest BCUT2D eigenvalue weighted by molar-refractivity contribution is -0.129. The Morgan fingerprint density at radius 3 is 2.71 bits per heavy atom. The predicted molar refractivity (Wildman–Crippen MR) is 62.1 cm³/mol. The SMILES string of the molecule is CN(C)C(=O)CCNC(=O)C1CCC(=O)NC1. The van der Waals surface area contributed by atoms with Gasteiger partial charge < -0.3 is 15.5 Å². The van der Waals surface area contributed by atoms with Crippen molar-refractivity contribution in [3.8, 4) is 0 Å². The molecule has 0 aromatic rings. The van der Waals surface area contributed by atoms with Crippen LogP contribution < -0.4 is 10.6 Å². The third-order valence-electron chi connectivity index (χ3n) is 2.77. The van der Waals surface area contributed by atoms with Gasteiger partial charge in [0.25, 0.3) is 0 Å². The molecule has 0 saturated carbocycles. The van der Waals surface area contributed by atoms with E-state index < -0.39 is 0 Å². The van der Waals surface area contributed by atoms with Crippen LogP contribution in [0.2, 0.25) is 0 Å². The van der Waals surface area contributed by atoms with Crippen molar-refractivity contribution >= 4 is 17.7 Å². The average Bonchev–Trinajstić information content (AvgIpc) is 2.29. The Balaban J connectivity index is 2.21. The Morgan fingerprint density at radius 1 is 1.47 bits per heavy atom.